The van der Waals surface area contributed by atoms with Crippen molar-refractivity contribution in [1.29, 1.82) is 0 Å². The predicted octanol–water partition coefficient (Wildman–Crippen LogP) is 3.90. The van der Waals surface area contributed by atoms with Crippen molar-refractivity contribution in [2.75, 3.05) is 0 Å². The highest BCUT2D eigenvalue weighted by atomic mass is 79.9. The van der Waals surface area contributed by atoms with Crippen LogP contribution in [-0.2, 0) is 0 Å². The van der Waals surface area contributed by atoms with E-state index in [1.165, 1.54) is 18.3 Å². The Labute approximate surface area is 97.2 Å². The number of alkyl halides is 3. The molecule has 0 amide bonds. The van der Waals surface area contributed by atoms with Crippen molar-refractivity contribution < 1.29 is 17.9 Å². The molecule has 0 atom stereocenters. The van der Waals surface area contributed by atoms with E-state index in [-0.39, 0.29) is 5.75 Å². The Morgan fingerprint density at radius 2 is 1.94 bits per heavy atom. The van der Waals surface area contributed by atoms with E-state index >= 15 is 0 Å². The molecule has 0 saturated carbocycles. The topological polar surface area (TPSA) is 22.1 Å². The second-order valence-electron chi connectivity index (χ2n) is 2.99. The molecule has 1 aromatic carbocycles. The lowest BCUT2D eigenvalue weighted by Crippen LogP contribution is -2.17. The van der Waals surface area contributed by atoms with E-state index in [2.05, 4.69) is 25.7 Å². The lowest BCUT2D eigenvalue weighted by atomic mass is 10.2. The second kappa shape index (κ2) is 3.93. The Morgan fingerprint density at radius 1 is 1.19 bits per heavy atom. The van der Waals surface area contributed by atoms with Gasteiger partial charge in [0.1, 0.15) is 5.75 Å². The number of halogens is 4. The SMILES string of the molecule is FC(F)(F)Oc1cccc2nccc(Br)c12. The molecule has 0 aliphatic carbocycles. The van der Waals surface area contributed by atoms with Crippen molar-refractivity contribution in [3.8, 4) is 5.75 Å². The van der Waals surface area contributed by atoms with Gasteiger partial charge in [0.25, 0.3) is 0 Å². The molecule has 6 heteroatoms. The van der Waals surface area contributed by atoms with Gasteiger partial charge in [-0.1, -0.05) is 6.07 Å². The van der Waals surface area contributed by atoms with Crippen LogP contribution in [0.4, 0.5) is 13.2 Å². The van der Waals surface area contributed by atoms with E-state index < -0.39 is 6.36 Å². The van der Waals surface area contributed by atoms with E-state index in [9.17, 15) is 13.2 Å². The van der Waals surface area contributed by atoms with Gasteiger partial charge < -0.3 is 4.74 Å². The molecular weight excluding hydrogens is 287 g/mol. The minimum atomic E-state index is -4.70. The molecule has 2 rings (SSSR count). The van der Waals surface area contributed by atoms with Gasteiger partial charge >= 0.3 is 6.36 Å². The van der Waals surface area contributed by atoms with Gasteiger partial charge in [-0.15, -0.1) is 13.2 Å². The van der Waals surface area contributed by atoms with Crippen LogP contribution in [0.25, 0.3) is 10.9 Å². The first-order valence-electron chi connectivity index (χ1n) is 4.26. The molecule has 2 aromatic rings. The Balaban J connectivity index is 2.61. The lowest BCUT2D eigenvalue weighted by Gasteiger charge is -2.11. The highest BCUT2D eigenvalue weighted by Crippen LogP contribution is 2.34. The third-order valence-corrected chi connectivity index (χ3v) is 2.56. The molecule has 0 spiro atoms. The van der Waals surface area contributed by atoms with Crippen molar-refractivity contribution in [2.24, 2.45) is 0 Å². The minimum absolute atomic E-state index is 0.259. The van der Waals surface area contributed by atoms with Crippen LogP contribution >= 0.6 is 15.9 Å². The van der Waals surface area contributed by atoms with Crippen LogP contribution in [0.2, 0.25) is 0 Å². The van der Waals surface area contributed by atoms with Gasteiger partial charge in [-0.25, -0.2) is 0 Å². The Kier molecular flexibility index (Phi) is 2.75. The summed E-state index contributed by atoms with van der Waals surface area (Å²) in [6, 6.07) is 5.89. The molecule has 16 heavy (non-hydrogen) atoms. The van der Waals surface area contributed by atoms with Gasteiger partial charge in [0.05, 0.1) is 10.9 Å². The molecule has 1 heterocycles. The van der Waals surface area contributed by atoms with Gasteiger partial charge in [0.15, 0.2) is 0 Å². The number of nitrogens with zero attached hydrogens (tertiary/aromatic N) is 1. The van der Waals surface area contributed by atoms with Crippen LogP contribution in [0.1, 0.15) is 0 Å². The van der Waals surface area contributed by atoms with Crippen LogP contribution in [0.3, 0.4) is 0 Å². The number of aromatic nitrogens is 1. The fourth-order valence-electron chi connectivity index (χ4n) is 1.34. The normalized spacial score (nSPS) is 11.8. The van der Waals surface area contributed by atoms with E-state index in [1.54, 1.807) is 12.1 Å². The fourth-order valence-corrected chi connectivity index (χ4v) is 1.86. The average Bonchev–Trinajstić information content (AvgIpc) is 2.15. The van der Waals surface area contributed by atoms with Crippen molar-refractivity contribution in [3.63, 3.8) is 0 Å². The quantitative estimate of drug-likeness (QED) is 0.795. The largest absolute Gasteiger partial charge is 0.573 e. The molecule has 0 aliphatic heterocycles. The maximum absolute atomic E-state index is 12.1. The van der Waals surface area contributed by atoms with Crippen LogP contribution in [0.5, 0.6) is 5.75 Å². The summed E-state index contributed by atoms with van der Waals surface area (Å²) in [5.41, 5.74) is 0.441. The molecule has 84 valence electrons. The number of rotatable bonds is 1. The zero-order valence-corrected chi connectivity index (χ0v) is 9.34. The smallest absolute Gasteiger partial charge is 0.405 e. The molecule has 0 bridgehead atoms. The summed E-state index contributed by atoms with van der Waals surface area (Å²) in [6.45, 7) is 0. The summed E-state index contributed by atoms with van der Waals surface area (Å²) in [5, 5.41) is 0.308. The van der Waals surface area contributed by atoms with Crippen molar-refractivity contribution in [1.82, 2.24) is 4.98 Å². The molecule has 0 saturated heterocycles. The highest BCUT2D eigenvalue weighted by molar-refractivity contribution is 9.10. The van der Waals surface area contributed by atoms with Gasteiger partial charge in [-0.05, 0) is 34.1 Å². The van der Waals surface area contributed by atoms with E-state index in [4.69, 9.17) is 0 Å². The van der Waals surface area contributed by atoms with Crippen molar-refractivity contribution >= 4 is 26.8 Å². The van der Waals surface area contributed by atoms with E-state index in [0.29, 0.717) is 15.4 Å². The monoisotopic (exact) mass is 291 g/mol. The number of ether oxygens (including phenoxy) is 1. The number of hydrogen-bond acceptors (Lipinski definition) is 2. The third kappa shape index (κ3) is 2.27. The molecule has 1 aromatic heterocycles. The predicted molar refractivity (Wildman–Crippen MR) is 56.1 cm³/mol. The number of fused-ring (bicyclic) bond motifs is 1. The third-order valence-electron chi connectivity index (χ3n) is 1.90. The Bertz CT molecular complexity index is 522. The average molecular weight is 292 g/mol. The summed E-state index contributed by atoms with van der Waals surface area (Å²) >= 11 is 3.17. The van der Waals surface area contributed by atoms with Crippen LogP contribution in [0, 0.1) is 0 Å². The minimum Gasteiger partial charge on any atom is -0.405 e. The van der Waals surface area contributed by atoms with Crippen LogP contribution in [0.15, 0.2) is 34.9 Å². The van der Waals surface area contributed by atoms with Crippen molar-refractivity contribution in [2.45, 2.75) is 6.36 Å². The number of hydrogen-bond donors (Lipinski definition) is 0. The molecule has 0 aliphatic rings. The number of pyridine rings is 1. The molecule has 2 nitrogen and oxygen atoms in total. The molecule has 0 unspecified atom stereocenters. The summed E-state index contributed by atoms with van der Waals surface area (Å²) in [5.74, 6) is -0.259. The maximum Gasteiger partial charge on any atom is 0.573 e. The van der Waals surface area contributed by atoms with E-state index in [1.807, 2.05) is 0 Å². The fraction of sp³-hybridized carbons (Fsp3) is 0.100. The Hall–Kier alpha value is -1.30. The van der Waals surface area contributed by atoms with Gasteiger partial charge in [0, 0.05) is 10.7 Å². The maximum atomic E-state index is 12.1. The van der Waals surface area contributed by atoms with E-state index in [0.717, 1.165) is 0 Å². The first kappa shape index (κ1) is 11.2. The molecular formula is C10H5BrF3NO. The van der Waals surface area contributed by atoms with Crippen LogP contribution in [-0.4, -0.2) is 11.3 Å². The Morgan fingerprint density at radius 3 is 2.62 bits per heavy atom. The first-order valence-corrected chi connectivity index (χ1v) is 5.06. The zero-order chi connectivity index (χ0) is 11.8. The summed E-state index contributed by atoms with van der Waals surface area (Å²) < 4.78 is 40.9. The summed E-state index contributed by atoms with van der Waals surface area (Å²) in [7, 11) is 0. The molecule has 0 fully saturated rings. The van der Waals surface area contributed by atoms with Crippen LogP contribution < -0.4 is 4.74 Å². The van der Waals surface area contributed by atoms with Gasteiger partial charge in [-0.3, -0.25) is 4.98 Å². The van der Waals surface area contributed by atoms with Gasteiger partial charge in [-0.2, -0.15) is 0 Å². The number of benzene rings is 1. The molecule has 0 radical (unpaired) electrons. The second-order valence-corrected chi connectivity index (χ2v) is 3.85. The van der Waals surface area contributed by atoms with Crippen molar-refractivity contribution in [3.05, 3.63) is 34.9 Å². The standard InChI is InChI=1S/C10H5BrF3NO/c11-6-4-5-15-7-2-1-3-8(9(6)7)16-10(12,13)14/h1-5H. The zero-order valence-electron chi connectivity index (χ0n) is 7.75. The first-order chi connectivity index (χ1) is 7.47. The summed E-state index contributed by atoms with van der Waals surface area (Å²) in [6.07, 6.45) is -3.20. The molecule has 0 N–H and O–H groups in total. The van der Waals surface area contributed by atoms with Gasteiger partial charge in [0.2, 0.25) is 0 Å². The summed E-state index contributed by atoms with van der Waals surface area (Å²) in [4.78, 5) is 3.96. The lowest BCUT2D eigenvalue weighted by molar-refractivity contribution is -0.274. The highest BCUT2D eigenvalue weighted by Gasteiger charge is 2.32.